The van der Waals surface area contributed by atoms with Crippen LogP contribution in [0.25, 0.3) is 11.3 Å². The molecular weight excluding hydrogens is 472 g/mol. The summed E-state index contributed by atoms with van der Waals surface area (Å²) in [5.74, 6) is 1.73. The predicted octanol–water partition coefficient (Wildman–Crippen LogP) is 2.86. The van der Waals surface area contributed by atoms with Crippen LogP contribution in [0.2, 0.25) is 0 Å². The molecule has 0 radical (unpaired) electrons. The molecule has 10 nitrogen and oxygen atoms in total. The van der Waals surface area contributed by atoms with Crippen molar-refractivity contribution in [2.45, 2.75) is 50.0 Å². The van der Waals surface area contributed by atoms with Crippen LogP contribution in [0.5, 0.6) is 11.6 Å². The van der Waals surface area contributed by atoms with E-state index >= 15 is 0 Å². The molecule has 3 N–H and O–H groups in total. The fraction of sp³-hybridized carbons (Fsp3) is 0.444. The third-order valence-electron chi connectivity index (χ3n) is 7.49. The van der Waals surface area contributed by atoms with Crippen LogP contribution in [-0.2, 0) is 4.74 Å². The van der Waals surface area contributed by atoms with Gasteiger partial charge in [0.15, 0.2) is 12.6 Å². The Hall–Kier alpha value is -3.63. The number of aliphatic hydroxyl groups is 1. The summed E-state index contributed by atoms with van der Waals surface area (Å²) >= 11 is 0. The maximum absolute atomic E-state index is 9.56. The second-order valence-electron chi connectivity index (χ2n) is 9.96. The highest BCUT2D eigenvalue weighted by atomic mass is 16.7. The number of ether oxygens (including phenoxy) is 3. The molecule has 3 fully saturated rings. The highest BCUT2D eigenvalue weighted by Crippen LogP contribution is 2.40. The van der Waals surface area contributed by atoms with Crippen LogP contribution < -0.4 is 25.0 Å². The van der Waals surface area contributed by atoms with Crippen LogP contribution in [0.1, 0.15) is 25.7 Å². The van der Waals surface area contributed by atoms with Gasteiger partial charge in [-0.15, -0.1) is 10.2 Å². The lowest BCUT2D eigenvalue weighted by atomic mass is 9.92. The molecule has 2 bridgehead atoms. The van der Waals surface area contributed by atoms with Gasteiger partial charge in [0.1, 0.15) is 11.9 Å². The summed E-state index contributed by atoms with van der Waals surface area (Å²) in [5.41, 5.74) is 9.92. The Labute approximate surface area is 216 Å². The zero-order chi connectivity index (χ0) is 25.4. The highest BCUT2D eigenvalue weighted by molar-refractivity contribution is 5.74. The van der Waals surface area contributed by atoms with Crippen molar-refractivity contribution in [1.82, 2.24) is 15.2 Å². The summed E-state index contributed by atoms with van der Waals surface area (Å²) in [6, 6.07) is 14.5. The van der Waals surface area contributed by atoms with Crippen molar-refractivity contribution in [1.29, 1.82) is 0 Å². The predicted molar refractivity (Wildman–Crippen MR) is 140 cm³/mol. The number of nitrogen functional groups attached to an aromatic ring is 1. The Morgan fingerprint density at radius 2 is 1.84 bits per heavy atom. The topological polar surface area (TPSA) is 119 Å². The van der Waals surface area contributed by atoms with E-state index in [-0.39, 0.29) is 19.0 Å². The molecule has 2 aromatic heterocycles. The van der Waals surface area contributed by atoms with E-state index in [1.54, 1.807) is 7.11 Å². The van der Waals surface area contributed by atoms with Crippen molar-refractivity contribution in [2.75, 3.05) is 42.5 Å². The van der Waals surface area contributed by atoms with E-state index in [9.17, 15) is 5.11 Å². The summed E-state index contributed by atoms with van der Waals surface area (Å²) in [6.07, 6.45) is 5.16. The first-order valence-electron chi connectivity index (χ1n) is 12.8. The number of piperazine rings is 1. The minimum absolute atomic E-state index is 0.0488. The summed E-state index contributed by atoms with van der Waals surface area (Å²) in [6.45, 7) is 1.82. The quantitative estimate of drug-likeness (QED) is 0.443. The van der Waals surface area contributed by atoms with E-state index in [2.05, 4.69) is 31.0 Å². The van der Waals surface area contributed by atoms with E-state index in [1.807, 2.05) is 42.6 Å². The monoisotopic (exact) mass is 504 g/mol. The molecule has 0 unspecified atom stereocenters. The van der Waals surface area contributed by atoms with Crippen LogP contribution >= 0.6 is 0 Å². The van der Waals surface area contributed by atoms with Crippen LogP contribution in [0.4, 0.5) is 17.2 Å². The molecule has 3 aliphatic rings. The molecular formula is C27H32N6O4. The zero-order valence-electron chi connectivity index (χ0n) is 20.9. The van der Waals surface area contributed by atoms with Gasteiger partial charge < -0.3 is 34.9 Å². The second kappa shape index (κ2) is 10.0. The maximum Gasteiger partial charge on any atom is 0.215 e. The maximum atomic E-state index is 9.56. The Balaban J connectivity index is 1.21. The minimum Gasteiger partial charge on any atom is -0.474 e. The van der Waals surface area contributed by atoms with Gasteiger partial charge in [0.2, 0.25) is 5.88 Å². The Bertz CT molecular complexity index is 1240. The molecule has 0 amide bonds. The Kier molecular flexibility index (Phi) is 6.43. The van der Waals surface area contributed by atoms with Gasteiger partial charge in [0.25, 0.3) is 0 Å². The van der Waals surface area contributed by atoms with E-state index in [1.165, 1.54) is 0 Å². The van der Waals surface area contributed by atoms with Gasteiger partial charge in [0.05, 0.1) is 17.5 Å². The highest BCUT2D eigenvalue weighted by Gasteiger charge is 2.41. The number of nitrogens with two attached hydrogens (primary N) is 1. The van der Waals surface area contributed by atoms with Crippen LogP contribution in [0.15, 0.2) is 48.7 Å². The van der Waals surface area contributed by atoms with E-state index in [0.29, 0.717) is 48.1 Å². The fourth-order valence-corrected chi connectivity index (χ4v) is 5.65. The number of aromatic nitrogens is 3. The van der Waals surface area contributed by atoms with Crippen molar-refractivity contribution in [2.24, 2.45) is 0 Å². The molecule has 6 rings (SSSR count). The Morgan fingerprint density at radius 1 is 1.05 bits per heavy atom. The van der Waals surface area contributed by atoms with Crippen LogP contribution in [-0.4, -0.2) is 71.6 Å². The average Bonchev–Trinajstić information content (AvgIpc) is 3.16. The SMILES string of the molecule is COCOc1ccccc1-c1cc(N2C[C@@H]3CC[C@@H](C2)N3c2ccnc(OC3CC(O)C3)c2)c(N)nn1. The van der Waals surface area contributed by atoms with Crippen molar-refractivity contribution in [3.05, 3.63) is 48.7 Å². The molecule has 4 heterocycles. The van der Waals surface area contributed by atoms with Gasteiger partial charge in [-0.2, -0.15) is 0 Å². The Morgan fingerprint density at radius 3 is 2.59 bits per heavy atom. The summed E-state index contributed by atoms with van der Waals surface area (Å²) in [5, 5.41) is 18.2. The zero-order valence-corrected chi connectivity index (χ0v) is 20.9. The number of nitrogens with zero attached hydrogens (tertiary/aromatic N) is 5. The smallest absolute Gasteiger partial charge is 0.215 e. The molecule has 194 valence electrons. The number of aliphatic hydroxyl groups excluding tert-OH is 1. The van der Waals surface area contributed by atoms with Gasteiger partial charge in [-0.05, 0) is 37.1 Å². The molecule has 2 saturated heterocycles. The third-order valence-corrected chi connectivity index (χ3v) is 7.49. The summed E-state index contributed by atoms with van der Waals surface area (Å²) in [7, 11) is 1.59. The van der Waals surface area contributed by atoms with Crippen molar-refractivity contribution in [3.63, 3.8) is 0 Å². The van der Waals surface area contributed by atoms with Gasteiger partial charge in [-0.1, -0.05) is 12.1 Å². The van der Waals surface area contributed by atoms with Gasteiger partial charge >= 0.3 is 0 Å². The summed E-state index contributed by atoms with van der Waals surface area (Å²) < 4.78 is 16.8. The lowest BCUT2D eigenvalue weighted by Gasteiger charge is -2.43. The largest absolute Gasteiger partial charge is 0.474 e. The third kappa shape index (κ3) is 4.74. The van der Waals surface area contributed by atoms with E-state index < -0.39 is 0 Å². The number of hydrogen-bond donors (Lipinski definition) is 2. The van der Waals surface area contributed by atoms with Gasteiger partial charge in [-0.25, -0.2) is 4.98 Å². The van der Waals surface area contributed by atoms with Gasteiger partial charge in [0, 0.05) is 68.6 Å². The molecule has 1 aromatic carbocycles. The lowest BCUT2D eigenvalue weighted by Crippen LogP contribution is -2.54. The molecule has 2 atom stereocenters. The summed E-state index contributed by atoms with van der Waals surface area (Å²) in [4.78, 5) is 9.23. The standard InChI is InChI=1S/C27H32N6O4/c1-35-16-36-25-5-3-2-4-22(25)23-13-24(27(28)31-30-23)32-14-18-6-7-19(15-32)33(18)17-8-9-29-26(10-17)37-21-11-20(34)12-21/h2-5,8-10,13,18-21,34H,6-7,11-12,14-16H2,1H3,(H2,28,31)/t18-,19-,20?,21?/m0/s1. The molecule has 2 aliphatic heterocycles. The number of para-hydroxylation sites is 1. The number of benzene rings is 1. The van der Waals surface area contributed by atoms with E-state index in [4.69, 9.17) is 19.9 Å². The van der Waals surface area contributed by atoms with Gasteiger partial charge in [-0.3, -0.25) is 0 Å². The van der Waals surface area contributed by atoms with Crippen LogP contribution in [0.3, 0.4) is 0 Å². The number of pyridine rings is 1. The second-order valence-corrected chi connectivity index (χ2v) is 9.96. The molecule has 1 aliphatic carbocycles. The molecule has 37 heavy (non-hydrogen) atoms. The number of fused-ring (bicyclic) bond motifs is 2. The van der Waals surface area contributed by atoms with Crippen LogP contribution in [0, 0.1) is 0 Å². The average molecular weight is 505 g/mol. The fourth-order valence-electron chi connectivity index (χ4n) is 5.65. The lowest BCUT2D eigenvalue weighted by molar-refractivity contribution is -0.0128. The molecule has 1 saturated carbocycles. The first-order valence-corrected chi connectivity index (χ1v) is 12.8. The minimum atomic E-state index is -0.251. The van der Waals surface area contributed by atoms with Crippen molar-refractivity contribution in [3.8, 4) is 22.9 Å². The molecule has 3 aromatic rings. The molecule has 0 spiro atoms. The number of rotatable bonds is 8. The van der Waals surface area contributed by atoms with E-state index in [0.717, 1.165) is 42.9 Å². The number of methoxy groups -OCH3 is 1. The van der Waals surface area contributed by atoms with Crippen molar-refractivity contribution >= 4 is 17.2 Å². The number of anilines is 3. The first kappa shape index (κ1) is 23.7. The normalized spacial score (nSPS) is 24.6. The first-order chi connectivity index (χ1) is 18.1. The molecule has 10 heteroatoms. The van der Waals surface area contributed by atoms with Crippen molar-refractivity contribution < 1.29 is 19.3 Å². The number of hydrogen-bond acceptors (Lipinski definition) is 10.